The van der Waals surface area contributed by atoms with Crippen molar-refractivity contribution < 1.29 is 14.3 Å². The highest BCUT2D eigenvalue weighted by Gasteiger charge is 2.10. The van der Waals surface area contributed by atoms with Gasteiger partial charge in [0, 0.05) is 0 Å². The van der Waals surface area contributed by atoms with Crippen LogP contribution in [-0.4, -0.2) is 23.0 Å². The molecule has 0 heterocycles. The number of hydrogen-bond acceptors (Lipinski definition) is 2. The zero-order valence-corrected chi connectivity index (χ0v) is 10.0. The molecule has 0 amide bonds. The van der Waals surface area contributed by atoms with Crippen LogP contribution in [0.4, 0.5) is 4.39 Å². The van der Waals surface area contributed by atoms with E-state index in [-0.39, 0.29) is 6.67 Å². The Kier molecular flexibility index (Phi) is 10.1. The summed E-state index contributed by atoms with van der Waals surface area (Å²) in [7, 11) is 0. The first-order chi connectivity index (χ1) is 7.18. The van der Waals surface area contributed by atoms with E-state index in [4.69, 9.17) is 5.11 Å². The minimum absolute atomic E-state index is 0.208. The van der Waals surface area contributed by atoms with E-state index >= 15 is 0 Å². The topological polar surface area (TPSA) is 37.3 Å². The number of unbranched alkanes of at least 4 members (excludes halogenated alkanes) is 6. The number of alkyl halides is 1. The second-order valence-corrected chi connectivity index (χ2v) is 4.43. The lowest BCUT2D eigenvalue weighted by atomic mass is 10.1. The van der Waals surface area contributed by atoms with Crippen molar-refractivity contribution in [3.63, 3.8) is 0 Å². The predicted molar refractivity (Wildman–Crippen MR) is 63.3 cm³/mol. The SMILES string of the molecule is O=C(O)C(S)CCCCCCCCCF. The number of aliphatic carboxylic acids is 1. The lowest BCUT2D eigenvalue weighted by molar-refractivity contribution is -0.136. The van der Waals surface area contributed by atoms with Crippen molar-refractivity contribution in [1.29, 1.82) is 0 Å². The second kappa shape index (κ2) is 10.3. The Morgan fingerprint density at radius 3 is 2.00 bits per heavy atom. The molecule has 1 atom stereocenters. The summed E-state index contributed by atoms with van der Waals surface area (Å²) in [6.07, 6.45) is 7.61. The summed E-state index contributed by atoms with van der Waals surface area (Å²) in [5, 5.41) is 8.05. The molecule has 0 aliphatic heterocycles. The van der Waals surface area contributed by atoms with Crippen molar-refractivity contribution in [2.75, 3.05) is 6.67 Å². The van der Waals surface area contributed by atoms with Crippen LogP contribution in [0.15, 0.2) is 0 Å². The molecule has 0 saturated heterocycles. The van der Waals surface area contributed by atoms with Crippen LogP contribution in [0.25, 0.3) is 0 Å². The molecule has 0 bridgehead atoms. The number of carboxylic acids is 1. The molecule has 0 aromatic rings. The third-order valence-corrected chi connectivity index (χ3v) is 2.88. The maximum absolute atomic E-state index is 11.7. The zero-order valence-electron chi connectivity index (χ0n) is 9.12. The molecule has 1 N–H and O–H groups in total. The molecular weight excluding hydrogens is 215 g/mol. The van der Waals surface area contributed by atoms with Gasteiger partial charge in [0.15, 0.2) is 0 Å². The second-order valence-electron chi connectivity index (χ2n) is 3.81. The summed E-state index contributed by atoms with van der Waals surface area (Å²) in [5.74, 6) is -0.832. The van der Waals surface area contributed by atoms with Gasteiger partial charge in [0.25, 0.3) is 0 Å². The van der Waals surface area contributed by atoms with E-state index in [0.717, 1.165) is 38.5 Å². The summed E-state index contributed by atoms with van der Waals surface area (Å²) in [5.41, 5.74) is 0. The van der Waals surface area contributed by atoms with Crippen molar-refractivity contribution >= 4 is 18.6 Å². The highest BCUT2D eigenvalue weighted by molar-refractivity contribution is 7.81. The van der Waals surface area contributed by atoms with Gasteiger partial charge in [-0.2, -0.15) is 12.6 Å². The lowest BCUT2D eigenvalue weighted by Gasteiger charge is -2.04. The maximum atomic E-state index is 11.7. The van der Waals surface area contributed by atoms with Gasteiger partial charge in [0.1, 0.15) is 0 Å². The summed E-state index contributed by atoms with van der Waals surface area (Å²) < 4.78 is 11.7. The van der Waals surface area contributed by atoms with Gasteiger partial charge >= 0.3 is 5.97 Å². The van der Waals surface area contributed by atoms with Crippen molar-refractivity contribution in [3.05, 3.63) is 0 Å². The standard InChI is InChI=1S/C11H21FO2S/c12-9-7-5-3-1-2-4-6-8-10(15)11(13)14/h10,15H,1-9H2,(H,13,14). The van der Waals surface area contributed by atoms with E-state index in [9.17, 15) is 9.18 Å². The Hall–Kier alpha value is -0.250. The summed E-state index contributed by atoms with van der Waals surface area (Å²) in [4.78, 5) is 10.4. The Morgan fingerprint density at radius 1 is 1.07 bits per heavy atom. The molecular formula is C11H21FO2S. The fourth-order valence-electron chi connectivity index (χ4n) is 1.44. The third-order valence-electron chi connectivity index (χ3n) is 2.40. The van der Waals surface area contributed by atoms with Crippen LogP contribution < -0.4 is 0 Å². The Morgan fingerprint density at radius 2 is 1.53 bits per heavy atom. The quantitative estimate of drug-likeness (QED) is 0.450. The molecule has 0 saturated carbocycles. The van der Waals surface area contributed by atoms with E-state index < -0.39 is 11.2 Å². The van der Waals surface area contributed by atoms with Gasteiger partial charge in [-0.15, -0.1) is 0 Å². The van der Waals surface area contributed by atoms with Gasteiger partial charge in [-0.1, -0.05) is 38.5 Å². The lowest BCUT2D eigenvalue weighted by Crippen LogP contribution is -2.12. The highest BCUT2D eigenvalue weighted by atomic mass is 32.1. The predicted octanol–water partition coefficient (Wildman–Crippen LogP) is 3.46. The van der Waals surface area contributed by atoms with Crippen LogP contribution in [0.2, 0.25) is 0 Å². The van der Waals surface area contributed by atoms with Crippen LogP contribution in [0, 0.1) is 0 Å². The average molecular weight is 236 g/mol. The van der Waals surface area contributed by atoms with Gasteiger partial charge in [0.2, 0.25) is 0 Å². The number of rotatable bonds is 10. The molecule has 0 radical (unpaired) electrons. The number of carboxylic acid groups (broad SMARTS) is 1. The van der Waals surface area contributed by atoms with E-state index in [1.54, 1.807) is 0 Å². The number of hydrogen-bond donors (Lipinski definition) is 2. The van der Waals surface area contributed by atoms with E-state index in [1.807, 2.05) is 0 Å². The molecule has 0 aromatic heterocycles. The highest BCUT2D eigenvalue weighted by Crippen LogP contribution is 2.12. The van der Waals surface area contributed by atoms with Crippen LogP contribution >= 0.6 is 12.6 Å². The van der Waals surface area contributed by atoms with Crippen molar-refractivity contribution in [2.45, 2.75) is 56.6 Å². The molecule has 0 aliphatic carbocycles. The van der Waals surface area contributed by atoms with E-state index in [0.29, 0.717) is 12.8 Å². The minimum atomic E-state index is -0.832. The number of carbonyl (C=O) groups is 1. The Labute approximate surface area is 96.7 Å². The first-order valence-electron chi connectivity index (χ1n) is 5.65. The molecule has 4 heteroatoms. The van der Waals surface area contributed by atoms with Gasteiger partial charge < -0.3 is 5.11 Å². The summed E-state index contributed by atoms with van der Waals surface area (Å²) in [6, 6.07) is 0. The van der Waals surface area contributed by atoms with Gasteiger partial charge in [-0.3, -0.25) is 9.18 Å². The van der Waals surface area contributed by atoms with Crippen molar-refractivity contribution in [2.24, 2.45) is 0 Å². The normalized spacial score (nSPS) is 12.7. The Balaban J connectivity index is 3.08. The molecule has 2 nitrogen and oxygen atoms in total. The maximum Gasteiger partial charge on any atom is 0.316 e. The summed E-state index contributed by atoms with van der Waals surface area (Å²) in [6.45, 7) is -0.208. The van der Waals surface area contributed by atoms with E-state index in [2.05, 4.69) is 12.6 Å². The van der Waals surface area contributed by atoms with Gasteiger partial charge in [-0.25, -0.2) is 0 Å². The molecule has 0 spiro atoms. The molecule has 15 heavy (non-hydrogen) atoms. The first kappa shape index (κ1) is 14.8. The fraction of sp³-hybridized carbons (Fsp3) is 0.909. The molecule has 90 valence electrons. The zero-order chi connectivity index (χ0) is 11.5. The van der Waals surface area contributed by atoms with Crippen molar-refractivity contribution in [1.82, 2.24) is 0 Å². The summed E-state index contributed by atoms with van der Waals surface area (Å²) >= 11 is 3.95. The molecule has 0 aromatic carbocycles. The smallest absolute Gasteiger partial charge is 0.316 e. The largest absolute Gasteiger partial charge is 0.480 e. The minimum Gasteiger partial charge on any atom is -0.480 e. The Bertz CT molecular complexity index is 165. The number of halogens is 1. The monoisotopic (exact) mass is 236 g/mol. The molecule has 0 fully saturated rings. The van der Waals surface area contributed by atoms with Crippen molar-refractivity contribution in [3.8, 4) is 0 Å². The first-order valence-corrected chi connectivity index (χ1v) is 6.17. The van der Waals surface area contributed by atoms with Crippen LogP contribution in [0.3, 0.4) is 0 Å². The van der Waals surface area contributed by atoms with Crippen LogP contribution in [-0.2, 0) is 4.79 Å². The third kappa shape index (κ3) is 10.0. The van der Waals surface area contributed by atoms with E-state index in [1.165, 1.54) is 0 Å². The van der Waals surface area contributed by atoms with Gasteiger partial charge in [0.05, 0.1) is 11.9 Å². The van der Waals surface area contributed by atoms with Crippen LogP contribution in [0.5, 0.6) is 0 Å². The number of thiol groups is 1. The molecule has 0 aliphatic rings. The fourth-order valence-corrected chi connectivity index (χ4v) is 1.62. The molecule has 0 rings (SSSR count). The molecule has 1 unspecified atom stereocenters. The average Bonchev–Trinajstić information content (AvgIpc) is 2.21. The van der Waals surface area contributed by atoms with Crippen LogP contribution in [0.1, 0.15) is 51.4 Å². The van der Waals surface area contributed by atoms with Gasteiger partial charge in [-0.05, 0) is 12.8 Å².